The second-order valence-electron chi connectivity index (χ2n) is 6.07. The number of nitrogens with one attached hydrogen (secondary N) is 1. The zero-order chi connectivity index (χ0) is 17.2. The fraction of sp³-hybridized carbons (Fsp3) is 0.150. The highest BCUT2D eigenvalue weighted by Gasteiger charge is 2.18. The molecule has 1 atom stereocenters. The summed E-state index contributed by atoms with van der Waals surface area (Å²) in [5, 5.41) is 20.2. The third-order valence-corrected chi connectivity index (χ3v) is 4.29. The van der Waals surface area contributed by atoms with E-state index in [1.54, 1.807) is 6.33 Å². The smallest absolute Gasteiger partial charge is 0.0978 e. The first kappa shape index (κ1) is 15.6. The predicted molar refractivity (Wildman–Crippen MR) is 98.0 cm³/mol. The molecule has 4 aromatic rings. The maximum atomic E-state index is 9.89. The molecule has 2 aromatic carbocycles. The molecule has 0 amide bonds. The fourth-order valence-corrected chi connectivity index (χ4v) is 3.10. The molecule has 0 fully saturated rings. The van der Waals surface area contributed by atoms with Gasteiger partial charge in [0.15, 0.2) is 0 Å². The predicted octanol–water partition coefficient (Wildman–Crippen LogP) is 3.05. The van der Waals surface area contributed by atoms with Gasteiger partial charge in [-0.25, -0.2) is 4.98 Å². The minimum absolute atomic E-state index is 0.279. The number of rotatable bonds is 5. The molecule has 126 valence electrons. The summed E-state index contributed by atoms with van der Waals surface area (Å²) in [7, 11) is 0. The lowest BCUT2D eigenvalue weighted by Crippen LogP contribution is -2.19. The average Bonchev–Trinajstić information content (AvgIpc) is 3.25. The topological polar surface area (TPSA) is 74.1 Å². The van der Waals surface area contributed by atoms with E-state index in [1.165, 1.54) is 0 Å². The number of aliphatic hydroxyl groups is 2. The van der Waals surface area contributed by atoms with Crippen molar-refractivity contribution in [2.45, 2.75) is 12.6 Å². The minimum atomic E-state index is -0.832. The summed E-state index contributed by atoms with van der Waals surface area (Å²) in [5.41, 5.74) is 4.73. The monoisotopic (exact) mass is 333 g/mol. The molecule has 0 radical (unpaired) electrons. The van der Waals surface area contributed by atoms with Gasteiger partial charge in [-0.1, -0.05) is 48.5 Å². The van der Waals surface area contributed by atoms with Crippen molar-refractivity contribution < 1.29 is 10.2 Å². The Kier molecular flexibility index (Phi) is 4.09. The summed E-state index contributed by atoms with van der Waals surface area (Å²) >= 11 is 0. The van der Waals surface area contributed by atoms with Gasteiger partial charge in [-0.2, -0.15) is 0 Å². The van der Waals surface area contributed by atoms with Gasteiger partial charge in [0.25, 0.3) is 0 Å². The number of hydrogen-bond donors (Lipinski definition) is 3. The molecular formula is C20H19N3O2. The summed E-state index contributed by atoms with van der Waals surface area (Å²) in [6.07, 6.45) is 0.878. The first-order valence-electron chi connectivity index (χ1n) is 8.24. The SMILES string of the molecule is OCC(O)Cn1cnc(-c2ccccc2)c1-c1cc2ccccc2[nH]1. The van der Waals surface area contributed by atoms with E-state index in [9.17, 15) is 10.2 Å². The first-order valence-corrected chi connectivity index (χ1v) is 8.24. The van der Waals surface area contributed by atoms with Crippen molar-refractivity contribution in [1.29, 1.82) is 0 Å². The Morgan fingerprint density at radius 2 is 1.80 bits per heavy atom. The van der Waals surface area contributed by atoms with Gasteiger partial charge in [0.2, 0.25) is 0 Å². The standard InChI is InChI=1S/C20H19N3O2/c24-12-16(25)11-23-13-21-19(14-6-2-1-3-7-14)20(23)18-10-15-8-4-5-9-17(15)22-18/h1-10,13,16,22,24-25H,11-12H2. The zero-order valence-electron chi connectivity index (χ0n) is 13.6. The lowest BCUT2D eigenvalue weighted by atomic mass is 10.1. The molecule has 3 N–H and O–H groups in total. The molecule has 0 spiro atoms. The molecule has 25 heavy (non-hydrogen) atoms. The van der Waals surface area contributed by atoms with Crippen molar-refractivity contribution in [3.05, 3.63) is 67.0 Å². The number of aromatic nitrogens is 3. The van der Waals surface area contributed by atoms with Crippen molar-refractivity contribution in [2.24, 2.45) is 0 Å². The van der Waals surface area contributed by atoms with Crippen molar-refractivity contribution >= 4 is 10.9 Å². The van der Waals surface area contributed by atoms with Crippen molar-refractivity contribution in [2.75, 3.05) is 6.61 Å². The van der Waals surface area contributed by atoms with E-state index < -0.39 is 6.10 Å². The lowest BCUT2D eigenvalue weighted by Gasteiger charge is -2.12. The van der Waals surface area contributed by atoms with Crippen LogP contribution in [0.1, 0.15) is 0 Å². The molecule has 2 heterocycles. The maximum Gasteiger partial charge on any atom is 0.0978 e. The van der Waals surface area contributed by atoms with Gasteiger partial charge in [-0.3, -0.25) is 0 Å². The number of nitrogens with zero attached hydrogens (tertiary/aromatic N) is 2. The number of aromatic amines is 1. The molecule has 0 bridgehead atoms. The summed E-state index contributed by atoms with van der Waals surface area (Å²) in [4.78, 5) is 8.01. The Balaban J connectivity index is 1.89. The van der Waals surface area contributed by atoms with E-state index in [2.05, 4.69) is 22.1 Å². The van der Waals surface area contributed by atoms with E-state index in [0.29, 0.717) is 0 Å². The molecule has 5 nitrogen and oxygen atoms in total. The highest BCUT2D eigenvalue weighted by molar-refractivity contribution is 5.88. The number of para-hydroxylation sites is 1. The van der Waals surface area contributed by atoms with Gasteiger partial charge in [0, 0.05) is 16.5 Å². The van der Waals surface area contributed by atoms with Crippen LogP contribution < -0.4 is 0 Å². The highest BCUT2D eigenvalue weighted by Crippen LogP contribution is 2.32. The van der Waals surface area contributed by atoms with E-state index in [-0.39, 0.29) is 13.2 Å². The number of hydrogen-bond acceptors (Lipinski definition) is 3. The lowest BCUT2D eigenvalue weighted by molar-refractivity contribution is 0.0815. The van der Waals surface area contributed by atoms with E-state index in [0.717, 1.165) is 33.5 Å². The number of fused-ring (bicyclic) bond motifs is 1. The van der Waals surface area contributed by atoms with Gasteiger partial charge < -0.3 is 19.8 Å². The molecular weight excluding hydrogens is 314 g/mol. The first-order chi connectivity index (χ1) is 12.3. The Hall–Kier alpha value is -2.89. The van der Waals surface area contributed by atoms with E-state index in [1.807, 2.05) is 53.1 Å². The number of imidazole rings is 1. The quantitative estimate of drug-likeness (QED) is 0.525. The van der Waals surface area contributed by atoms with Gasteiger partial charge in [-0.05, 0) is 12.1 Å². The molecule has 0 saturated heterocycles. The summed E-state index contributed by atoms with van der Waals surface area (Å²) in [5.74, 6) is 0. The summed E-state index contributed by atoms with van der Waals surface area (Å²) < 4.78 is 1.88. The van der Waals surface area contributed by atoms with Crippen molar-refractivity contribution in [3.63, 3.8) is 0 Å². The van der Waals surface area contributed by atoms with Crippen LogP contribution in [0.3, 0.4) is 0 Å². The van der Waals surface area contributed by atoms with Crippen LogP contribution in [0.5, 0.6) is 0 Å². The second kappa shape index (κ2) is 6.55. The Morgan fingerprint density at radius 1 is 1.04 bits per heavy atom. The van der Waals surface area contributed by atoms with Crippen LogP contribution in [-0.2, 0) is 6.54 Å². The van der Waals surface area contributed by atoms with Crippen LogP contribution in [-0.4, -0.2) is 37.5 Å². The number of benzene rings is 2. The van der Waals surface area contributed by atoms with Crippen LogP contribution in [0.15, 0.2) is 67.0 Å². The van der Waals surface area contributed by atoms with Crippen LogP contribution in [0.25, 0.3) is 33.5 Å². The molecule has 2 aromatic heterocycles. The average molecular weight is 333 g/mol. The molecule has 5 heteroatoms. The third kappa shape index (κ3) is 2.95. The van der Waals surface area contributed by atoms with Crippen LogP contribution in [0.4, 0.5) is 0 Å². The second-order valence-corrected chi connectivity index (χ2v) is 6.07. The molecule has 1 unspecified atom stereocenters. The van der Waals surface area contributed by atoms with E-state index >= 15 is 0 Å². The van der Waals surface area contributed by atoms with Gasteiger partial charge in [0.1, 0.15) is 0 Å². The van der Waals surface area contributed by atoms with Gasteiger partial charge in [0.05, 0.1) is 42.7 Å². The van der Waals surface area contributed by atoms with Crippen molar-refractivity contribution in [1.82, 2.24) is 14.5 Å². The maximum absolute atomic E-state index is 9.89. The number of aliphatic hydroxyl groups excluding tert-OH is 2. The molecule has 0 aliphatic heterocycles. The normalized spacial score (nSPS) is 12.6. The molecule has 0 aliphatic carbocycles. The van der Waals surface area contributed by atoms with Gasteiger partial charge >= 0.3 is 0 Å². The summed E-state index contributed by atoms with van der Waals surface area (Å²) in [6.45, 7) is -0.00791. The Bertz CT molecular complexity index is 956. The van der Waals surface area contributed by atoms with Crippen LogP contribution in [0, 0.1) is 0 Å². The Labute approximate surface area is 145 Å². The fourth-order valence-electron chi connectivity index (χ4n) is 3.10. The highest BCUT2D eigenvalue weighted by atomic mass is 16.3. The largest absolute Gasteiger partial charge is 0.394 e. The Morgan fingerprint density at radius 3 is 2.56 bits per heavy atom. The minimum Gasteiger partial charge on any atom is -0.394 e. The van der Waals surface area contributed by atoms with Crippen molar-refractivity contribution in [3.8, 4) is 22.6 Å². The van der Waals surface area contributed by atoms with Crippen LogP contribution in [0.2, 0.25) is 0 Å². The summed E-state index contributed by atoms with van der Waals surface area (Å²) in [6, 6.07) is 20.1. The van der Waals surface area contributed by atoms with Crippen LogP contribution >= 0.6 is 0 Å². The van der Waals surface area contributed by atoms with E-state index in [4.69, 9.17) is 0 Å². The molecule has 0 saturated carbocycles. The molecule has 4 rings (SSSR count). The van der Waals surface area contributed by atoms with Gasteiger partial charge in [-0.15, -0.1) is 0 Å². The number of H-pyrrole nitrogens is 1. The molecule has 0 aliphatic rings. The third-order valence-electron chi connectivity index (χ3n) is 4.29. The zero-order valence-corrected chi connectivity index (χ0v) is 13.6.